The number of anilines is 1. The van der Waals surface area contributed by atoms with Crippen LogP contribution in [0.5, 0.6) is 0 Å². The van der Waals surface area contributed by atoms with E-state index in [4.69, 9.17) is 10.6 Å². The lowest BCUT2D eigenvalue weighted by atomic mass is 10.1. The number of nitrogens with two attached hydrogens (primary N) is 1. The molecule has 0 aromatic carbocycles. The number of aromatic nitrogens is 2. The zero-order valence-corrected chi connectivity index (χ0v) is 11.4. The molecular weight excluding hydrogens is 262 g/mol. The third-order valence-electron chi connectivity index (χ3n) is 3.45. The lowest BCUT2D eigenvalue weighted by Gasteiger charge is -2.32. The highest BCUT2D eigenvalue weighted by Gasteiger charge is 2.19. The summed E-state index contributed by atoms with van der Waals surface area (Å²) in [5.74, 6) is 4.52. The minimum atomic E-state index is -0.465. The lowest BCUT2D eigenvalue weighted by Crippen LogP contribution is -2.39. The van der Waals surface area contributed by atoms with Gasteiger partial charge in [-0.25, -0.2) is 10.5 Å². The first-order valence-electron chi connectivity index (χ1n) is 6.48. The van der Waals surface area contributed by atoms with Crippen molar-refractivity contribution in [2.45, 2.75) is 25.5 Å². The molecule has 8 nitrogen and oxygen atoms in total. The summed E-state index contributed by atoms with van der Waals surface area (Å²) in [7, 11) is 1.71. The predicted molar refractivity (Wildman–Crippen MR) is 73.1 cm³/mol. The van der Waals surface area contributed by atoms with E-state index in [2.05, 4.69) is 10.00 Å². The van der Waals surface area contributed by atoms with Gasteiger partial charge < -0.3 is 9.64 Å². The fraction of sp³-hybridized carbons (Fsp3) is 0.583. The Hall–Kier alpha value is -1.93. The van der Waals surface area contributed by atoms with Crippen LogP contribution in [-0.4, -0.2) is 42.0 Å². The first-order chi connectivity index (χ1) is 9.63. The number of hydrogen-bond donors (Lipinski definition) is 2. The van der Waals surface area contributed by atoms with Gasteiger partial charge in [-0.2, -0.15) is 5.10 Å². The number of hydrazine groups is 1. The molecule has 1 aliphatic rings. The first-order valence-corrected chi connectivity index (χ1v) is 6.48. The van der Waals surface area contributed by atoms with Crippen LogP contribution in [0.4, 0.5) is 5.69 Å². The monoisotopic (exact) mass is 281 g/mol. The van der Waals surface area contributed by atoms with E-state index in [1.807, 2.05) is 5.43 Å². The molecular formula is C12H19N5O3. The average molecular weight is 281 g/mol. The summed E-state index contributed by atoms with van der Waals surface area (Å²) in [6.07, 6.45) is 3.73. The van der Waals surface area contributed by atoms with Crippen molar-refractivity contribution in [3.63, 3.8) is 0 Å². The van der Waals surface area contributed by atoms with Crippen molar-refractivity contribution < 1.29 is 9.53 Å². The zero-order chi connectivity index (χ0) is 14.5. The highest BCUT2D eigenvalue weighted by atomic mass is 16.5. The number of nitrogens with one attached hydrogen (secondary N) is 1. The summed E-state index contributed by atoms with van der Waals surface area (Å²) in [5.41, 5.74) is 2.42. The molecule has 1 fully saturated rings. The lowest BCUT2D eigenvalue weighted by molar-refractivity contribution is -0.122. The number of carbonyl (C=O) groups is 1. The molecule has 1 aromatic rings. The molecule has 1 aliphatic heterocycles. The van der Waals surface area contributed by atoms with E-state index in [-0.39, 0.29) is 18.2 Å². The maximum atomic E-state index is 11.9. The maximum absolute atomic E-state index is 11.9. The smallest absolute Gasteiger partial charge is 0.269 e. The largest absolute Gasteiger partial charge is 0.381 e. The van der Waals surface area contributed by atoms with Crippen LogP contribution in [0.3, 0.4) is 0 Å². The molecule has 0 bridgehead atoms. The number of nitrogens with zero attached hydrogens (tertiary/aromatic N) is 3. The SMILES string of the molecule is COC1CCN(c2cnn(CC(=O)NN)c(=O)c2)CC1. The second kappa shape index (κ2) is 6.49. The van der Waals surface area contributed by atoms with Crippen molar-refractivity contribution in [1.29, 1.82) is 0 Å². The third-order valence-corrected chi connectivity index (χ3v) is 3.45. The van der Waals surface area contributed by atoms with E-state index in [0.717, 1.165) is 36.3 Å². The second-order valence-electron chi connectivity index (χ2n) is 4.70. The van der Waals surface area contributed by atoms with Crippen molar-refractivity contribution in [3.8, 4) is 0 Å². The minimum absolute atomic E-state index is 0.179. The summed E-state index contributed by atoms with van der Waals surface area (Å²) < 4.78 is 6.39. The van der Waals surface area contributed by atoms with Crippen LogP contribution >= 0.6 is 0 Å². The van der Waals surface area contributed by atoms with Gasteiger partial charge in [-0.3, -0.25) is 15.0 Å². The van der Waals surface area contributed by atoms with Crippen molar-refractivity contribution in [1.82, 2.24) is 15.2 Å². The Morgan fingerprint density at radius 2 is 2.25 bits per heavy atom. The van der Waals surface area contributed by atoms with Gasteiger partial charge in [0.15, 0.2) is 0 Å². The molecule has 110 valence electrons. The van der Waals surface area contributed by atoms with Gasteiger partial charge in [0, 0.05) is 26.3 Å². The van der Waals surface area contributed by atoms with Gasteiger partial charge in [-0.05, 0) is 12.8 Å². The van der Waals surface area contributed by atoms with Gasteiger partial charge in [-0.1, -0.05) is 0 Å². The Kier molecular flexibility index (Phi) is 4.70. The normalized spacial score (nSPS) is 16.2. The number of piperidine rings is 1. The van der Waals surface area contributed by atoms with Crippen LogP contribution in [0.15, 0.2) is 17.1 Å². The fourth-order valence-electron chi connectivity index (χ4n) is 2.25. The molecule has 0 radical (unpaired) electrons. The van der Waals surface area contributed by atoms with Crippen LogP contribution in [-0.2, 0) is 16.1 Å². The summed E-state index contributed by atoms with van der Waals surface area (Å²) in [4.78, 5) is 25.1. The van der Waals surface area contributed by atoms with Crippen molar-refractivity contribution in [3.05, 3.63) is 22.6 Å². The number of amides is 1. The van der Waals surface area contributed by atoms with E-state index >= 15 is 0 Å². The first kappa shape index (κ1) is 14.5. The summed E-state index contributed by atoms with van der Waals surface area (Å²) in [6, 6.07) is 1.49. The topological polar surface area (TPSA) is 102 Å². The second-order valence-corrected chi connectivity index (χ2v) is 4.70. The number of carbonyl (C=O) groups excluding carboxylic acids is 1. The van der Waals surface area contributed by atoms with E-state index in [1.165, 1.54) is 6.07 Å². The molecule has 3 N–H and O–H groups in total. The quantitative estimate of drug-likeness (QED) is 0.410. The summed E-state index contributed by atoms with van der Waals surface area (Å²) in [5, 5.41) is 4.00. The van der Waals surface area contributed by atoms with Crippen molar-refractivity contribution >= 4 is 11.6 Å². The van der Waals surface area contributed by atoms with Gasteiger partial charge in [-0.15, -0.1) is 0 Å². The molecule has 20 heavy (non-hydrogen) atoms. The van der Waals surface area contributed by atoms with Crippen LogP contribution < -0.4 is 21.7 Å². The summed E-state index contributed by atoms with van der Waals surface area (Å²) >= 11 is 0. The van der Waals surface area contributed by atoms with Gasteiger partial charge in [0.1, 0.15) is 6.54 Å². The van der Waals surface area contributed by atoms with Crippen molar-refractivity contribution in [2.75, 3.05) is 25.1 Å². The Morgan fingerprint density at radius 1 is 1.55 bits per heavy atom. The number of ether oxygens (including phenoxy) is 1. The van der Waals surface area contributed by atoms with Gasteiger partial charge >= 0.3 is 0 Å². The summed E-state index contributed by atoms with van der Waals surface area (Å²) in [6.45, 7) is 1.47. The van der Waals surface area contributed by atoms with Crippen LogP contribution in [0.1, 0.15) is 12.8 Å². The molecule has 2 heterocycles. The van der Waals surface area contributed by atoms with Crippen LogP contribution in [0, 0.1) is 0 Å². The van der Waals surface area contributed by atoms with E-state index < -0.39 is 5.91 Å². The van der Waals surface area contributed by atoms with Crippen LogP contribution in [0.25, 0.3) is 0 Å². The fourth-order valence-corrected chi connectivity index (χ4v) is 2.25. The van der Waals surface area contributed by atoms with E-state index in [9.17, 15) is 9.59 Å². The molecule has 1 amide bonds. The number of methoxy groups -OCH3 is 1. The van der Waals surface area contributed by atoms with E-state index in [0.29, 0.717) is 0 Å². The maximum Gasteiger partial charge on any atom is 0.269 e. The molecule has 0 saturated carbocycles. The van der Waals surface area contributed by atoms with Gasteiger partial charge in [0.2, 0.25) is 0 Å². The van der Waals surface area contributed by atoms with E-state index in [1.54, 1.807) is 13.3 Å². The van der Waals surface area contributed by atoms with Gasteiger partial charge in [0.05, 0.1) is 18.0 Å². The third kappa shape index (κ3) is 3.34. The minimum Gasteiger partial charge on any atom is -0.381 e. The Bertz CT molecular complexity index is 522. The highest BCUT2D eigenvalue weighted by molar-refractivity contribution is 5.74. The number of hydrogen-bond acceptors (Lipinski definition) is 6. The Balaban J connectivity index is 2.06. The molecule has 8 heteroatoms. The number of rotatable bonds is 4. The molecule has 0 aliphatic carbocycles. The zero-order valence-electron chi connectivity index (χ0n) is 11.4. The standard InChI is InChI=1S/C12H19N5O3/c1-20-10-2-4-16(5-3-10)9-6-12(19)17(14-7-9)8-11(18)15-13/h6-7,10H,2-5,8,13H2,1H3,(H,15,18). The Labute approximate surface area is 116 Å². The van der Waals surface area contributed by atoms with Gasteiger partial charge in [0.25, 0.3) is 11.5 Å². The van der Waals surface area contributed by atoms with Crippen LogP contribution in [0.2, 0.25) is 0 Å². The highest BCUT2D eigenvalue weighted by Crippen LogP contribution is 2.18. The molecule has 0 spiro atoms. The molecule has 2 rings (SSSR count). The molecule has 0 atom stereocenters. The van der Waals surface area contributed by atoms with Crippen molar-refractivity contribution in [2.24, 2.45) is 5.84 Å². The molecule has 0 unspecified atom stereocenters. The predicted octanol–water partition coefficient (Wildman–Crippen LogP) is -1.15. The average Bonchev–Trinajstić information content (AvgIpc) is 2.49. The molecule has 1 aromatic heterocycles. The molecule has 1 saturated heterocycles. The Morgan fingerprint density at radius 3 is 2.80 bits per heavy atom.